The van der Waals surface area contributed by atoms with E-state index in [2.05, 4.69) is 18.7 Å². The number of primary amides is 1. The Bertz CT molecular complexity index is 333. The molecule has 1 aliphatic heterocycles. The van der Waals surface area contributed by atoms with Crippen LogP contribution in [0.3, 0.4) is 0 Å². The Balaban J connectivity index is 1.93. The maximum Gasteiger partial charge on any atom is 0.237 e. The molecule has 0 bridgehead atoms. The highest BCUT2D eigenvalue weighted by atomic mass is 16.1. The van der Waals surface area contributed by atoms with Crippen LogP contribution in [0.5, 0.6) is 0 Å². The van der Waals surface area contributed by atoms with Gasteiger partial charge in [-0.1, -0.05) is 13.3 Å². The van der Waals surface area contributed by atoms with E-state index in [0.29, 0.717) is 6.04 Å². The molecule has 4 atom stereocenters. The molecule has 1 saturated carbocycles. The maximum absolute atomic E-state index is 11.6. The third kappa shape index (κ3) is 2.79. The van der Waals surface area contributed by atoms with Crippen molar-refractivity contribution in [3.8, 4) is 0 Å². The average Bonchev–Trinajstić information content (AvgIpc) is 2.91. The SMILES string of the molecule is CCC1CCC(C)N1CCC1CCCC1(N)C(N)=O. The zero-order valence-electron chi connectivity index (χ0n) is 12.4. The summed E-state index contributed by atoms with van der Waals surface area (Å²) in [5, 5.41) is 0. The monoisotopic (exact) mass is 267 g/mol. The highest BCUT2D eigenvalue weighted by Gasteiger charge is 2.44. The van der Waals surface area contributed by atoms with E-state index < -0.39 is 5.54 Å². The quantitative estimate of drug-likeness (QED) is 0.795. The van der Waals surface area contributed by atoms with Crippen LogP contribution in [0.4, 0.5) is 0 Å². The number of carbonyl (C=O) groups excluding carboxylic acids is 1. The largest absolute Gasteiger partial charge is 0.368 e. The van der Waals surface area contributed by atoms with Gasteiger partial charge in [0.05, 0.1) is 5.54 Å². The zero-order valence-corrected chi connectivity index (χ0v) is 12.4. The normalized spacial score (nSPS) is 39.8. The Kier molecular flexibility index (Phi) is 4.51. The molecule has 0 aromatic rings. The van der Waals surface area contributed by atoms with Crippen molar-refractivity contribution in [3.63, 3.8) is 0 Å². The van der Waals surface area contributed by atoms with Gasteiger partial charge >= 0.3 is 0 Å². The minimum absolute atomic E-state index is 0.273. The Morgan fingerprint density at radius 1 is 1.37 bits per heavy atom. The van der Waals surface area contributed by atoms with E-state index in [-0.39, 0.29) is 11.8 Å². The minimum Gasteiger partial charge on any atom is -0.368 e. The fourth-order valence-electron chi connectivity index (χ4n) is 4.10. The molecule has 1 saturated heterocycles. The van der Waals surface area contributed by atoms with E-state index >= 15 is 0 Å². The van der Waals surface area contributed by atoms with E-state index in [0.717, 1.165) is 38.3 Å². The second kappa shape index (κ2) is 5.80. The summed E-state index contributed by atoms with van der Waals surface area (Å²) >= 11 is 0. The molecule has 1 amide bonds. The molecule has 0 radical (unpaired) electrons. The van der Waals surface area contributed by atoms with Crippen molar-refractivity contribution in [1.29, 1.82) is 0 Å². The Morgan fingerprint density at radius 2 is 2.11 bits per heavy atom. The van der Waals surface area contributed by atoms with Crippen LogP contribution < -0.4 is 11.5 Å². The van der Waals surface area contributed by atoms with E-state index in [1.54, 1.807) is 0 Å². The van der Waals surface area contributed by atoms with Crippen LogP contribution in [-0.4, -0.2) is 35.0 Å². The summed E-state index contributed by atoms with van der Waals surface area (Å²) in [6.07, 6.45) is 7.70. The Morgan fingerprint density at radius 3 is 2.74 bits per heavy atom. The van der Waals surface area contributed by atoms with Gasteiger partial charge in [-0.25, -0.2) is 0 Å². The number of hydrogen-bond acceptors (Lipinski definition) is 3. The fraction of sp³-hybridized carbons (Fsp3) is 0.933. The predicted molar refractivity (Wildman–Crippen MR) is 77.6 cm³/mol. The van der Waals surface area contributed by atoms with Crippen LogP contribution in [0, 0.1) is 5.92 Å². The van der Waals surface area contributed by atoms with Crippen LogP contribution in [0.1, 0.15) is 58.8 Å². The van der Waals surface area contributed by atoms with Gasteiger partial charge in [-0.3, -0.25) is 9.69 Å². The molecule has 4 N–H and O–H groups in total. The molecule has 4 heteroatoms. The van der Waals surface area contributed by atoms with Crippen LogP contribution in [0.2, 0.25) is 0 Å². The number of amides is 1. The van der Waals surface area contributed by atoms with Gasteiger partial charge in [-0.2, -0.15) is 0 Å². The Labute approximate surface area is 116 Å². The third-order valence-corrected chi connectivity index (χ3v) is 5.49. The number of nitrogens with two attached hydrogens (primary N) is 2. The number of carbonyl (C=O) groups is 1. The summed E-state index contributed by atoms with van der Waals surface area (Å²) in [5.74, 6) is -0.0354. The molecule has 0 aromatic carbocycles. The van der Waals surface area contributed by atoms with Gasteiger partial charge in [0, 0.05) is 12.1 Å². The van der Waals surface area contributed by atoms with Gasteiger partial charge in [0.2, 0.25) is 5.91 Å². The topological polar surface area (TPSA) is 72.3 Å². The summed E-state index contributed by atoms with van der Waals surface area (Å²) < 4.78 is 0. The lowest BCUT2D eigenvalue weighted by molar-refractivity contribution is -0.124. The van der Waals surface area contributed by atoms with Crippen molar-refractivity contribution >= 4 is 5.91 Å². The van der Waals surface area contributed by atoms with Gasteiger partial charge in [-0.15, -0.1) is 0 Å². The smallest absolute Gasteiger partial charge is 0.237 e. The van der Waals surface area contributed by atoms with Crippen LogP contribution in [-0.2, 0) is 4.79 Å². The van der Waals surface area contributed by atoms with E-state index in [1.807, 2.05) is 0 Å². The number of likely N-dealkylation sites (tertiary alicyclic amines) is 1. The molecule has 0 aromatic heterocycles. The lowest BCUT2D eigenvalue weighted by atomic mass is 9.85. The number of rotatable bonds is 5. The summed E-state index contributed by atoms with van der Waals surface area (Å²) in [6.45, 7) is 5.65. The molecular weight excluding hydrogens is 238 g/mol. The molecule has 110 valence electrons. The lowest BCUT2D eigenvalue weighted by Crippen LogP contribution is -2.55. The highest BCUT2D eigenvalue weighted by molar-refractivity contribution is 5.85. The van der Waals surface area contributed by atoms with Gasteiger partial charge in [0.1, 0.15) is 0 Å². The number of hydrogen-bond donors (Lipinski definition) is 2. The summed E-state index contributed by atoms with van der Waals surface area (Å²) in [7, 11) is 0. The summed E-state index contributed by atoms with van der Waals surface area (Å²) in [5.41, 5.74) is 11.0. The summed E-state index contributed by atoms with van der Waals surface area (Å²) in [6, 6.07) is 1.39. The fourth-order valence-corrected chi connectivity index (χ4v) is 4.10. The second-order valence-electron chi connectivity index (χ2n) is 6.51. The van der Waals surface area contributed by atoms with E-state index in [4.69, 9.17) is 11.5 Å². The van der Waals surface area contributed by atoms with E-state index in [9.17, 15) is 4.79 Å². The van der Waals surface area contributed by atoms with Gasteiger partial charge in [0.25, 0.3) is 0 Å². The molecule has 1 aliphatic carbocycles. The van der Waals surface area contributed by atoms with Gasteiger partial charge < -0.3 is 11.5 Å². The van der Waals surface area contributed by atoms with Crippen molar-refractivity contribution in [1.82, 2.24) is 4.90 Å². The molecule has 2 fully saturated rings. The first-order chi connectivity index (χ1) is 8.99. The molecular formula is C15H29N3O. The summed E-state index contributed by atoms with van der Waals surface area (Å²) in [4.78, 5) is 14.2. The second-order valence-corrected chi connectivity index (χ2v) is 6.51. The van der Waals surface area contributed by atoms with Crippen molar-refractivity contribution in [2.75, 3.05) is 6.54 Å². The van der Waals surface area contributed by atoms with E-state index in [1.165, 1.54) is 19.3 Å². The van der Waals surface area contributed by atoms with Gasteiger partial charge in [-0.05, 0) is 57.9 Å². The van der Waals surface area contributed by atoms with Crippen molar-refractivity contribution in [2.45, 2.75) is 76.4 Å². The molecule has 0 spiro atoms. The van der Waals surface area contributed by atoms with Crippen molar-refractivity contribution in [2.24, 2.45) is 17.4 Å². The molecule has 2 aliphatic rings. The minimum atomic E-state index is -0.745. The molecule has 4 nitrogen and oxygen atoms in total. The maximum atomic E-state index is 11.6. The first-order valence-corrected chi connectivity index (χ1v) is 7.83. The zero-order chi connectivity index (χ0) is 14.0. The lowest BCUT2D eigenvalue weighted by Gasteiger charge is -2.32. The first-order valence-electron chi connectivity index (χ1n) is 7.83. The van der Waals surface area contributed by atoms with Gasteiger partial charge in [0.15, 0.2) is 0 Å². The molecule has 1 heterocycles. The first kappa shape index (κ1) is 14.8. The average molecular weight is 267 g/mol. The van der Waals surface area contributed by atoms with Crippen molar-refractivity contribution in [3.05, 3.63) is 0 Å². The van der Waals surface area contributed by atoms with Crippen molar-refractivity contribution < 1.29 is 4.79 Å². The predicted octanol–water partition coefficient (Wildman–Crippen LogP) is 1.62. The van der Waals surface area contributed by atoms with Crippen LogP contribution in [0.15, 0.2) is 0 Å². The standard InChI is InChI=1S/C15H29N3O/c1-3-13-7-6-11(2)18(13)10-8-12-5-4-9-15(12,17)14(16)19/h11-13H,3-10,17H2,1-2H3,(H2,16,19). The molecule has 4 unspecified atom stereocenters. The number of nitrogens with zero attached hydrogens (tertiary/aromatic N) is 1. The highest BCUT2D eigenvalue weighted by Crippen LogP contribution is 2.37. The van der Waals surface area contributed by atoms with Crippen LogP contribution in [0.25, 0.3) is 0 Å². The van der Waals surface area contributed by atoms with Crippen LogP contribution >= 0.6 is 0 Å². The Hall–Kier alpha value is -0.610. The molecule has 19 heavy (non-hydrogen) atoms. The third-order valence-electron chi connectivity index (χ3n) is 5.49. The molecule has 2 rings (SSSR count).